The van der Waals surface area contributed by atoms with E-state index in [-0.39, 0.29) is 6.04 Å². The van der Waals surface area contributed by atoms with Gasteiger partial charge in [-0.15, -0.1) is 0 Å². The molecule has 0 spiro atoms. The quantitative estimate of drug-likeness (QED) is 0.572. The van der Waals surface area contributed by atoms with E-state index in [1.165, 1.54) is 11.1 Å². The predicted octanol–water partition coefficient (Wildman–Crippen LogP) is 5.41. The Balaban J connectivity index is 1.65. The van der Waals surface area contributed by atoms with E-state index >= 15 is 0 Å². The number of benzene rings is 2. The first-order chi connectivity index (χ1) is 13.3. The van der Waals surface area contributed by atoms with Crippen LogP contribution in [-0.2, 0) is 17.6 Å². The van der Waals surface area contributed by atoms with Crippen molar-refractivity contribution in [2.75, 3.05) is 0 Å². The van der Waals surface area contributed by atoms with Crippen LogP contribution in [0, 0.1) is 0 Å². The van der Waals surface area contributed by atoms with Gasteiger partial charge in [0, 0.05) is 18.2 Å². The zero-order valence-electron chi connectivity index (χ0n) is 15.7. The van der Waals surface area contributed by atoms with Gasteiger partial charge in [-0.25, -0.2) is 0 Å². The fourth-order valence-electron chi connectivity index (χ4n) is 3.96. The highest BCUT2D eigenvalue weighted by Gasteiger charge is 2.24. The molecule has 3 nitrogen and oxygen atoms in total. The lowest BCUT2D eigenvalue weighted by molar-refractivity contribution is -0.122. The number of ketones is 1. The number of carbonyl (C=O) groups is 1. The Labute approximate surface area is 161 Å². The molecule has 27 heavy (non-hydrogen) atoms. The van der Waals surface area contributed by atoms with Crippen LogP contribution in [-0.4, -0.2) is 15.6 Å². The van der Waals surface area contributed by atoms with E-state index in [0.29, 0.717) is 12.2 Å². The topological polar surface area (TPSA) is 34.9 Å². The molecule has 4 rings (SSSR count). The Bertz CT molecular complexity index is 883. The van der Waals surface area contributed by atoms with Gasteiger partial charge in [0.15, 0.2) is 5.78 Å². The van der Waals surface area contributed by atoms with Crippen molar-refractivity contribution in [2.24, 2.45) is 0 Å². The number of aromatic nitrogens is 2. The van der Waals surface area contributed by atoms with Crippen LogP contribution in [0.5, 0.6) is 0 Å². The number of Topliss-reactive ketones (excluding diaryl/α,β-unsaturated/α-hetero) is 1. The molecule has 0 radical (unpaired) electrons. The molecule has 0 amide bonds. The highest BCUT2D eigenvalue weighted by atomic mass is 16.1. The first-order valence-electron chi connectivity index (χ1n) is 10.0. The molecule has 1 saturated carbocycles. The summed E-state index contributed by atoms with van der Waals surface area (Å²) in [6.45, 7) is 0. The van der Waals surface area contributed by atoms with Crippen molar-refractivity contribution in [1.29, 1.82) is 0 Å². The second-order valence-electron chi connectivity index (χ2n) is 7.42. The monoisotopic (exact) mass is 358 g/mol. The highest BCUT2D eigenvalue weighted by molar-refractivity contribution is 5.82. The smallest absolute Gasteiger partial charge is 0.157 e. The normalized spacial score (nSPS) is 17.6. The zero-order chi connectivity index (χ0) is 18.5. The number of aryl methyl sites for hydroxylation is 2. The molecule has 0 N–H and O–H groups in total. The first-order valence-corrected chi connectivity index (χ1v) is 10.0. The molecule has 1 unspecified atom stereocenters. The molecule has 138 valence electrons. The van der Waals surface area contributed by atoms with Gasteiger partial charge in [0.2, 0.25) is 0 Å². The van der Waals surface area contributed by atoms with E-state index in [4.69, 9.17) is 5.10 Å². The molecule has 0 saturated heterocycles. The van der Waals surface area contributed by atoms with Gasteiger partial charge in [-0.2, -0.15) is 5.10 Å². The van der Waals surface area contributed by atoms with Gasteiger partial charge in [0.1, 0.15) is 6.04 Å². The SMILES string of the molecule is O=C1CCCCCC1n1cc(CCc2ccccc2)c(-c2ccccc2)n1. The van der Waals surface area contributed by atoms with Crippen molar-refractivity contribution in [3.05, 3.63) is 78.0 Å². The summed E-state index contributed by atoms with van der Waals surface area (Å²) in [7, 11) is 0. The minimum Gasteiger partial charge on any atom is -0.297 e. The third-order valence-corrected chi connectivity index (χ3v) is 5.47. The average molecular weight is 358 g/mol. The van der Waals surface area contributed by atoms with Gasteiger partial charge in [-0.3, -0.25) is 9.48 Å². The summed E-state index contributed by atoms with van der Waals surface area (Å²) in [5.41, 5.74) is 4.70. The molecule has 1 fully saturated rings. The maximum Gasteiger partial charge on any atom is 0.157 e. The lowest BCUT2D eigenvalue weighted by Gasteiger charge is -2.13. The molecule has 3 heteroatoms. The van der Waals surface area contributed by atoms with E-state index < -0.39 is 0 Å². The maximum atomic E-state index is 12.6. The molecule has 1 aliphatic rings. The van der Waals surface area contributed by atoms with Crippen molar-refractivity contribution >= 4 is 5.78 Å². The standard InChI is InChI=1S/C24H26N2O/c27-23-15-9-3-8-14-22(23)26-18-21(17-16-19-10-4-1-5-11-19)24(25-26)20-12-6-2-7-13-20/h1-2,4-7,10-13,18,22H,3,8-9,14-17H2. The van der Waals surface area contributed by atoms with Crippen LogP contribution in [0.15, 0.2) is 66.9 Å². The second kappa shape index (κ2) is 8.34. The Morgan fingerprint density at radius 3 is 2.41 bits per heavy atom. The van der Waals surface area contributed by atoms with Crippen LogP contribution in [0.1, 0.15) is 49.3 Å². The van der Waals surface area contributed by atoms with Crippen LogP contribution in [0.2, 0.25) is 0 Å². The fourth-order valence-corrected chi connectivity index (χ4v) is 3.96. The average Bonchev–Trinajstić information content (AvgIpc) is 3.02. The van der Waals surface area contributed by atoms with Crippen molar-refractivity contribution in [2.45, 2.75) is 51.0 Å². The third-order valence-electron chi connectivity index (χ3n) is 5.47. The van der Waals surface area contributed by atoms with Gasteiger partial charge in [0.25, 0.3) is 0 Å². The van der Waals surface area contributed by atoms with E-state index in [9.17, 15) is 4.79 Å². The predicted molar refractivity (Wildman–Crippen MR) is 109 cm³/mol. The minimum atomic E-state index is -0.0968. The number of rotatable bonds is 5. The van der Waals surface area contributed by atoms with Crippen molar-refractivity contribution in [3.8, 4) is 11.3 Å². The van der Waals surface area contributed by atoms with Gasteiger partial charge in [0.05, 0.1) is 5.69 Å². The zero-order valence-corrected chi connectivity index (χ0v) is 15.7. The van der Waals surface area contributed by atoms with E-state index in [1.54, 1.807) is 0 Å². The largest absolute Gasteiger partial charge is 0.297 e. The first kappa shape index (κ1) is 17.7. The number of carbonyl (C=O) groups excluding carboxylic acids is 1. The van der Waals surface area contributed by atoms with Crippen LogP contribution in [0.4, 0.5) is 0 Å². The van der Waals surface area contributed by atoms with E-state index in [1.807, 2.05) is 22.9 Å². The summed E-state index contributed by atoms with van der Waals surface area (Å²) in [5, 5.41) is 4.90. The Hall–Kier alpha value is -2.68. The number of hydrogen-bond acceptors (Lipinski definition) is 2. The summed E-state index contributed by atoms with van der Waals surface area (Å²) in [6.07, 6.45) is 8.89. The molecule has 1 atom stereocenters. The fraction of sp³-hybridized carbons (Fsp3) is 0.333. The van der Waals surface area contributed by atoms with Crippen molar-refractivity contribution in [1.82, 2.24) is 9.78 Å². The maximum absolute atomic E-state index is 12.6. The van der Waals surface area contributed by atoms with E-state index in [2.05, 4.69) is 48.7 Å². The van der Waals surface area contributed by atoms with Gasteiger partial charge < -0.3 is 0 Å². The molecule has 3 aromatic rings. The lowest BCUT2D eigenvalue weighted by Crippen LogP contribution is -2.18. The summed E-state index contributed by atoms with van der Waals surface area (Å²) in [5.74, 6) is 0.337. The molecular formula is C24H26N2O. The van der Waals surface area contributed by atoms with Crippen molar-refractivity contribution < 1.29 is 4.79 Å². The molecule has 0 aliphatic heterocycles. The van der Waals surface area contributed by atoms with Crippen LogP contribution >= 0.6 is 0 Å². The highest BCUT2D eigenvalue weighted by Crippen LogP contribution is 2.29. The molecular weight excluding hydrogens is 332 g/mol. The summed E-state index contributed by atoms with van der Waals surface area (Å²) in [6, 6.07) is 20.8. The van der Waals surface area contributed by atoms with Crippen LogP contribution < -0.4 is 0 Å². The molecule has 0 bridgehead atoms. The third kappa shape index (κ3) is 4.19. The van der Waals surface area contributed by atoms with E-state index in [0.717, 1.165) is 49.8 Å². The molecule has 2 aromatic carbocycles. The molecule has 1 aromatic heterocycles. The summed E-state index contributed by atoms with van der Waals surface area (Å²) < 4.78 is 1.95. The Morgan fingerprint density at radius 1 is 0.889 bits per heavy atom. The Morgan fingerprint density at radius 2 is 1.63 bits per heavy atom. The van der Waals surface area contributed by atoms with Crippen LogP contribution in [0.3, 0.4) is 0 Å². The molecule has 1 heterocycles. The minimum absolute atomic E-state index is 0.0968. The van der Waals surface area contributed by atoms with Gasteiger partial charge >= 0.3 is 0 Å². The number of nitrogens with zero attached hydrogens (tertiary/aromatic N) is 2. The number of hydrogen-bond donors (Lipinski definition) is 0. The van der Waals surface area contributed by atoms with Gasteiger partial charge in [-0.1, -0.05) is 73.5 Å². The second-order valence-corrected chi connectivity index (χ2v) is 7.42. The summed E-state index contributed by atoms with van der Waals surface area (Å²) >= 11 is 0. The van der Waals surface area contributed by atoms with Crippen LogP contribution in [0.25, 0.3) is 11.3 Å². The van der Waals surface area contributed by atoms with Gasteiger partial charge in [-0.05, 0) is 36.8 Å². The Kier molecular flexibility index (Phi) is 5.47. The van der Waals surface area contributed by atoms with Crippen molar-refractivity contribution in [3.63, 3.8) is 0 Å². The molecule has 1 aliphatic carbocycles. The lowest BCUT2D eigenvalue weighted by atomic mass is 10.0. The summed E-state index contributed by atoms with van der Waals surface area (Å²) in [4.78, 5) is 12.6.